The molecule has 110 valence electrons. The van der Waals surface area contributed by atoms with Gasteiger partial charge in [-0.1, -0.05) is 12.1 Å². The van der Waals surface area contributed by atoms with Crippen LogP contribution >= 0.6 is 0 Å². The summed E-state index contributed by atoms with van der Waals surface area (Å²) < 4.78 is 5.81. The second kappa shape index (κ2) is 6.41. The number of ether oxygens (including phenoxy) is 1. The molecule has 1 atom stereocenters. The molecule has 4 nitrogen and oxygen atoms in total. The predicted molar refractivity (Wildman–Crippen MR) is 84.7 cm³/mol. The van der Waals surface area contributed by atoms with Crippen molar-refractivity contribution < 1.29 is 9.53 Å². The highest BCUT2D eigenvalue weighted by atomic mass is 16.5. The number of nitrogens with two attached hydrogens (primary N) is 1. The largest absolute Gasteiger partial charge is 0.457 e. The van der Waals surface area contributed by atoms with Crippen molar-refractivity contribution in [3.63, 3.8) is 0 Å². The van der Waals surface area contributed by atoms with Crippen LogP contribution in [-0.2, 0) is 4.79 Å². The fourth-order valence-corrected chi connectivity index (χ4v) is 1.81. The summed E-state index contributed by atoms with van der Waals surface area (Å²) in [5.41, 5.74) is 8.60. The molecule has 0 fully saturated rings. The van der Waals surface area contributed by atoms with Gasteiger partial charge in [-0.15, -0.1) is 0 Å². The third-order valence-corrected chi connectivity index (χ3v) is 3.23. The topological polar surface area (TPSA) is 64.3 Å². The van der Waals surface area contributed by atoms with Gasteiger partial charge in [-0.25, -0.2) is 0 Å². The minimum absolute atomic E-state index is 0.224. The minimum atomic E-state index is -0.547. The van der Waals surface area contributed by atoms with Gasteiger partial charge in [0.2, 0.25) is 5.91 Å². The molecule has 1 unspecified atom stereocenters. The van der Waals surface area contributed by atoms with Gasteiger partial charge in [-0.05, 0) is 56.2 Å². The van der Waals surface area contributed by atoms with Crippen LogP contribution in [0.1, 0.15) is 18.1 Å². The molecule has 4 heteroatoms. The monoisotopic (exact) mass is 284 g/mol. The van der Waals surface area contributed by atoms with Gasteiger partial charge >= 0.3 is 0 Å². The number of anilines is 1. The third-order valence-electron chi connectivity index (χ3n) is 3.23. The second-order valence-electron chi connectivity index (χ2n) is 5.15. The number of carbonyl (C=O) groups is 1. The van der Waals surface area contributed by atoms with Crippen LogP contribution in [0.4, 0.5) is 5.69 Å². The highest BCUT2D eigenvalue weighted by Crippen LogP contribution is 2.25. The summed E-state index contributed by atoms with van der Waals surface area (Å²) >= 11 is 0. The molecule has 0 spiro atoms. The molecule has 1 amide bonds. The first-order chi connectivity index (χ1) is 9.95. The summed E-state index contributed by atoms with van der Waals surface area (Å²) in [4.78, 5) is 11.6. The average Bonchev–Trinajstić information content (AvgIpc) is 2.43. The fraction of sp³-hybridized carbons (Fsp3) is 0.235. The van der Waals surface area contributed by atoms with Crippen LogP contribution in [0, 0.1) is 13.8 Å². The standard InChI is InChI=1S/C17H20N2O2/c1-11-7-8-16(9-12(11)2)21-15-6-4-5-14(10-15)19-17(20)13(3)18/h4-10,13H,18H2,1-3H3,(H,19,20). The minimum Gasteiger partial charge on any atom is -0.457 e. The molecular weight excluding hydrogens is 264 g/mol. The Morgan fingerprint density at radius 2 is 1.81 bits per heavy atom. The Hall–Kier alpha value is -2.33. The zero-order valence-corrected chi connectivity index (χ0v) is 12.5. The first-order valence-electron chi connectivity index (χ1n) is 6.87. The fourth-order valence-electron chi connectivity index (χ4n) is 1.81. The van der Waals surface area contributed by atoms with E-state index in [1.807, 2.05) is 37.3 Å². The maximum Gasteiger partial charge on any atom is 0.241 e. The lowest BCUT2D eigenvalue weighted by Crippen LogP contribution is -2.32. The number of aryl methyl sites for hydroxylation is 2. The van der Waals surface area contributed by atoms with E-state index in [2.05, 4.69) is 12.2 Å². The van der Waals surface area contributed by atoms with Gasteiger partial charge in [0.25, 0.3) is 0 Å². The zero-order chi connectivity index (χ0) is 15.4. The summed E-state index contributed by atoms with van der Waals surface area (Å²) in [5, 5.41) is 2.74. The van der Waals surface area contributed by atoms with Crippen molar-refractivity contribution in [1.82, 2.24) is 0 Å². The number of amides is 1. The van der Waals surface area contributed by atoms with E-state index in [0.29, 0.717) is 11.4 Å². The Bertz CT molecular complexity index is 651. The second-order valence-corrected chi connectivity index (χ2v) is 5.15. The summed E-state index contributed by atoms with van der Waals surface area (Å²) in [7, 11) is 0. The molecule has 0 aliphatic rings. The van der Waals surface area contributed by atoms with E-state index < -0.39 is 6.04 Å². The number of hydrogen-bond acceptors (Lipinski definition) is 3. The lowest BCUT2D eigenvalue weighted by molar-refractivity contribution is -0.117. The zero-order valence-electron chi connectivity index (χ0n) is 12.5. The molecule has 0 aliphatic heterocycles. The van der Waals surface area contributed by atoms with Crippen molar-refractivity contribution in [2.75, 3.05) is 5.32 Å². The molecule has 0 aromatic heterocycles. The van der Waals surface area contributed by atoms with Crippen molar-refractivity contribution in [1.29, 1.82) is 0 Å². The van der Waals surface area contributed by atoms with E-state index in [0.717, 1.165) is 5.75 Å². The normalized spacial score (nSPS) is 11.8. The Balaban J connectivity index is 2.13. The molecule has 0 heterocycles. The molecule has 0 aliphatic carbocycles. The van der Waals surface area contributed by atoms with Crippen molar-refractivity contribution in [2.45, 2.75) is 26.8 Å². The molecule has 0 radical (unpaired) electrons. The quantitative estimate of drug-likeness (QED) is 0.904. The van der Waals surface area contributed by atoms with Crippen LogP contribution in [0.3, 0.4) is 0 Å². The van der Waals surface area contributed by atoms with Gasteiger partial charge in [0.05, 0.1) is 6.04 Å². The maximum atomic E-state index is 11.6. The van der Waals surface area contributed by atoms with Crippen LogP contribution in [0.25, 0.3) is 0 Å². The highest BCUT2D eigenvalue weighted by molar-refractivity contribution is 5.94. The lowest BCUT2D eigenvalue weighted by atomic mass is 10.1. The summed E-state index contributed by atoms with van der Waals surface area (Å²) in [6.45, 7) is 5.75. The van der Waals surface area contributed by atoms with Crippen molar-refractivity contribution in [2.24, 2.45) is 5.73 Å². The Morgan fingerprint density at radius 3 is 2.48 bits per heavy atom. The highest BCUT2D eigenvalue weighted by Gasteiger charge is 2.08. The van der Waals surface area contributed by atoms with E-state index in [9.17, 15) is 4.79 Å². The van der Waals surface area contributed by atoms with E-state index in [1.54, 1.807) is 19.1 Å². The van der Waals surface area contributed by atoms with E-state index in [1.165, 1.54) is 11.1 Å². The van der Waals surface area contributed by atoms with Gasteiger partial charge in [-0.2, -0.15) is 0 Å². The smallest absolute Gasteiger partial charge is 0.241 e. The molecule has 0 saturated carbocycles. The first kappa shape index (κ1) is 15.1. The van der Waals surface area contributed by atoms with Crippen molar-refractivity contribution >= 4 is 11.6 Å². The van der Waals surface area contributed by atoms with Gasteiger partial charge < -0.3 is 15.8 Å². The third kappa shape index (κ3) is 4.07. The Kier molecular flexibility index (Phi) is 4.60. The summed E-state index contributed by atoms with van der Waals surface area (Å²) in [6, 6.07) is 12.6. The molecule has 2 aromatic rings. The molecule has 0 saturated heterocycles. The maximum absolute atomic E-state index is 11.6. The van der Waals surface area contributed by atoms with Gasteiger partial charge in [0, 0.05) is 11.8 Å². The molecular formula is C17H20N2O2. The summed E-state index contributed by atoms with van der Waals surface area (Å²) in [6.07, 6.45) is 0. The van der Waals surface area contributed by atoms with E-state index in [4.69, 9.17) is 10.5 Å². The molecule has 21 heavy (non-hydrogen) atoms. The van der Waals surface area contributed by atoms with Gasteiger partial charge in [-0.3, -0.25) is 4.79 Å². The molecule has 0 bridgehead atoms. The SMILES string of the molecule is Cc1ccc(Oc2cccc(NC(=O)C(C)N)c2)cc1C. The van der Waals surface area contributed by atoms with Crippen molar-refractivity contribution in [3.8, 4) is 11.5 Å². The van der Waals surface area contributed by atoms with E-state index in [-0.39, 0.29) is 5.91 Å². The summed E-state index contributed by atoms with van der Waals surface area (Å²) in [5.74, 6) is 1.22. The van der Waals surface area contributed by atoms with E-state index >= 15 is 0 Å². The molecule has 2 aromatic carbocycles. The number of carbonyl (C=O) groups excluding carboxylic acids is 1. The molecule has 3 N–H and O–H groups in total. The van der Waals surface area contributed by atoms with Gasteiger partial charge in [0.1, 0.15) is 11.5 Å². The molecule has 2 rings (SSSR count). The predicted octanol–water partition coefficient (Wildman–Crippen LogP) is 3.38. The van der Waals surface area contributed by atoms with Crippen LogP contribution in [0.5, 0.6) is 11.5 Å². The first-order valence-corrected chi connectivity index (χ1v) is 6.87. The van der Waals surface area contributed by atoms with Crippen LogP contribution in [-0.4, -0.2) is 11.9 Å². The average molecular weight is 284 g/mol. The number of nitrogens with one attached hydrogen (secondary N) is 1. The van der Waals surface area contributed by atoms with Crippen LogP contribution < -0.4 is 15.8 Å². The van der Waals surface area contributed by atoms with Crippen LogP contribution in [0.15, 0.2) is 42.5 Å². The number of hydrogen-bond donors (Lipinski definition) is 2. The van der Waals surface area contributed by atoms with Crippen molar-refractivity contribution in [3.05, 3.63) is 53.6 Å². The Labute approximate surface area is 124 Å². The number of benzene rings is 2. The Morgan fingerprint density at radius 1 is 1.10 bits per heavy atom. The van der Waals surface area contributed by atoms with Crippen LogP contribution in [0.2, 0.25) is 0 Å². The van der Waals surface area contributed by atoms with Gasteiger partial charge in [0.15, 0.2) is 0 Å². The lowest BCUT2D eigenvalue weighted by Gasteiger charge is -2.11. The number of rotatable bonds is 4.